The molecule has 3 heterocycles. The van der Waals surface area contributed by atoms with Crippen LogP contribution < -0.4 is 5.32 Å². The van der Waals surface area contributed by atoms with Crippen molar-refractivity contribution in [2.24, 2.45) is 0 Å². The lowest BCUT2D eigenvalue weighted by molar-refractivity contribution is 0.379. The Morgan fingerprint density at radius 1 is 1.32 bits per heavy atom. The van der Waals surface area contributed by atoms with Crippen molar-refractivity contribution < 1.29 is 4.52 Å². The molecule has 4 nitrogen and oxygen atoms in total. The first-order valence-electron chi connectivity index (χ1n) is 7.75. The van der Waals surface area contributed by atoms with Gasteiger partial charge in [0, 0.05) is 30.8 Å². The zero-order chi connectivity index (χ0) is 15.5. The quantitative estimate of drug-likeness (QED) is 0.738. The van der Waals surface area contributed by atoms with Crippen molar-refractivity contribution in [2.75, 3.05) is 0 Å². The number of nitrogens with zero attached hydrogens (tertiary/aromatic N) is 2. The minimum Gasteiger partial charge on any atom is -0.361 e. The van der Waals surface area contributed by atoms with E-state index in [9.17, 15) is 0 Å². The van der Waals surface area contributed by atoms with E-state index in [0.717, 1.165) is 36.4 Å². The molecule has 0 aliphatic heterocycles. The molecule has 1 atom stereocenters. The summed E-state index contributed by atoms with van der Waals surface area (Å²) >= 11 is 1.73. The van der Waals surface area contributed by atoms with Crippen LogP contribution in [0.4, 0.5) is 0 Å². The van der Waals surface area contributed by atoms with E-state index >= 15 is 0 Å². The average Bonchev–Trinajstić information content (AvgIpc) is 3.17. The van der Waals surface area contributed by atoms with Gasteiger partial charge in [0.1, 0.15) is 5.76 Å². The third-order valence-electron chi connectivity index (χ3n) is 4.02. The molecule has 0 unspecified atom stereocenters. The lowest BCUT2D eigenvalue weighted by Gasteiger charge is -2.14. The van der Waals surface area contributed by atoms with Gasteiger partial charge in [0.05, 0.1) is 15.9 Å². The van der Waals surface area contributed by atoms with E-state index in [0.29, 0.717) is 0 Å². The summed E-state index contributed by atoms with van der Waals surface area (Å²) in [5, 5.41) is 9.82. The highest BCUT2D eigenvalue weighted by Gasteiger charge is 2.15. The smallest absolute Gasteiger partial charge is 0.141 e. The van der Waals surface area contributed by atoms with Crippen LogP contribution in [-0.4, -0.2) is 10.1 Å². The molecular formula is C17H21N3OS. The van der Waals surface area contributed by atoms with Crippen molar-refractivity contribution in [3.8, 4) is 0 Å². The first-order valence-corrected chi connectivity index (χ1v) is 8.63. The molecule has 0 saturated carbocycles. The number of rotatable bonds is 6. The molecule has 3 aromatic rings. The van der Waals surface area contributed by atoms with Gasteiger partial charge in [-0.05, 0) is 36.4 Å². The van der Waals surface area contributed by atoms with Crippen LogP contribution in [0.2, 0.25) is 0 Å². The van der Waals surface area contributed by atoms with Crippen molar-refractivity contribution in [1.29, 1.82) is 0 Å². The summed E-state index contributed by atoms with van der Waals surface area (Å²) < 4.78 is 6.66. The van der Waals surface area contributed by atoms with Crippen LogP contribution in [0.5, 0.6) is 0 Å². The number of aryl methyl sites for hydroxylation is 2. The highest BCUT2D eigenvalue weighted by Crippen LogP contribution is 2.23. The van der Waals surface area contributed by atoms with Gasteiger partial charge >= 0.3 is 0 Å². The summed E-state index contributed by atoms with van der Waals surface area (Å²) in [5.74, 6) is 0.989. The molecular weight excluding hydrogens is 294 g/mol. The largest absolute Gasteiger partial charge is 0.361 e. The maximum atomic E-state index is 5.42. The molecule has 116 valence electrons. The van der Waals surface area contributed by atoms with E-state index < -0.39 is 0 Å². The maximum Gasteiger partial charge on any atom is 0.141 e. The monoisotopic (exact) mass is 315 g/mol. The van der Waals surface area contributed by atoms with E-state index in [1.807, 2.05) is 6.20 Å². The Bertz CT molecular complexity index is 741. The molecule has 22 heavy (non-hydrogen) atoms. The Labute approximate surface area is 134 Å². The predicted molar refractivity (Wildman–Crippen MR) is 90.1 cm³/mol. The minimum absolute atomic E-state index is 0.239. The molecule has 0 aliphatic carbocycles. The molecule has 0 bridgehead atoms. The first-order chi connectivity index (χ1) is 10.7. The summed E-state index contributed by atoms with van der Waals surface area (Å²) in [7, 11) is 0. The van der Waals surface area contributed by atoms with Gasteiger partial charge in [-0.2, -0.15) is 0 Å². The SMILES string of the molecule is CCc1noc(CC)c1CN[C@H](C)c1cnc2ccsc2c1. The third kappa shape index (κ3) is 2.91. The van der Waals surface area contributed by atoms with Crippen molar-refractivity contribution in [3.05, 3.63) is 46.3 Å². The van der Waals surface area contributed by atoms with Gasteiger partial charge in [0.25, 0.3) is 0 Å². The summed E-state index contributed by atoms with van der Waals surface area (Å²) in [6.07, 6.45) is 3.74. The second kappa shape index (κ2) is 6.58. The molecule has 0 radical (unpaired) electrons. The summed E-state index contributed by atoms with van der Waals surface area (Å²) in [5.41, 5.74) is 4.55. The Hall–Kier alpha value is -1.72. The molecule has 1 N–H and O–H groups in total. The van der Waals surface area contributed by atoms with Crippen LogP contribution in [0.25, 0.3) is 10.2 Å². The van der Waals surface area contributed by atoms with Crippen LogP contribution in [0.1, 0.15) is 49.4 Å². The van der Waals surface area contributed by atoms with Crippen molar-refractivity contribution in [2.45, 2.75) is 46.2 Å². The van der Waals surface area contributed by atoms with Gasteiger partial charge in [0.2, 0.25) is 0 Å². The van der Waals surface area contributed by atoms with Gasteiger partial charge in [0.15, 0.2) is 0 Å². The highest BCUT2D eigenvalue weighted by atomic mass is 32.1. The number of thiophene rings is 1. The van der Waals surface area contributed by atoms with Crippen LogP contribution in [0.15, 0.2) is 28.2 Å². The van der Waals surface area contributed by atoms with Crippen LogP contribution in [-0.2, 0) is 19.4 Å². The fourth-order valence-electron chi connectivity index (χ4n) is 2.61. The zero-order valence-corrected chi connectivity index (χ0v) is 14.0. The Kier molecular flexibility index (Phi) is 4.55. The van der Waals surface area contributed by atoms with Gasteiger partial charge in [-0.3, -0.25) is 4.98 Å². The number of hydrogen-bond donors (Lipinski definition) is 1. The fraction of sp³-hybridized carbons (Fsp3) is 0.412. The summed E-state index contributed by atoms with van der Waals surface area (Å²) in [4.78, 5) is 4.51. The minimum atomic E-state index is 0.239. The lowest BCUT2D eigenvalue weighted by atomic mass is 10.1. The van der Waals surface area contributed by atoms with Crippen molar-refractivity contribution >= 4 is 21.6 Å². The summed E-state index contributed by atoms with van der Waals surface area (Å²) in [6.45, 7) is 7.15. The Morgan fingerprint density at radius 2 is 2.18 bits per heavy atom. The van der Waals surface area contributed by atoms with Gasteiger partial charge < -0.3 is 9.84 Å². The van der Waals surface area contributed by atoms with Gasteiger partial charge in [-0.25, -0.2) is 0 Å². The molecule has 0 amide bonds. The summed E-state index contributed by atoms with van der Waals surface area (Å²) in [6, 6.07) is 4.52. The van der Waals surface area contributed by atoms with Crippen LogP contribution in [0.3, 0.4) is 0 Å². The number of hydrogen-bond acceptors (Lipinski definition) is 5. The molecule has 0 aliphatic rings. The topological polar surface area (TPSA) is 51.0 Å². The fourth-order valence-corrected chi connectivity index (χ4v) is 3.40. The van der Waals surface area contributed by atoms with Crippen molar-refractivity contribution in [3.63, 3.8) is 0 Å². The van der Waals surface area contributed by atoms with Crippen LogP contribution in [0, 0.1) is 0 Å². The van der Waals surface area contributed by atoms with E-state index in [1.165, 1.54) is 15.8 Å². The Morgan fingerprint density at radius 3 is 2.95 bits per heavy atom. The molecule has 5 heteroatoms. The number of nitrogens with one attached hydrogen (secondary N) is 1. The molecule has 0 saturated heterocycles. The first kappa shape index (κ1) is 15.2. The molecule has 3 aromatic heterocycles. The normalized spacial score (nSPS) is 12.9. The number of fused-ring (bicyclic) bond motifs is 1. The van der Waals surface area contributed by atoms with Gasteiger partial charge in [-0.15, -0.1) is 11.3 Å². The zero-order valence-electron chi connectivity index (χ0n) is 13.2. The van der Waals surface area contributed by atoms with Gasteiger partial charge in [-0.1, -0.05) is 19.0 Å². The Balaban J connectivity index is 1.74. The van der Waals surface area contributed by atoms with Crippen molar-refractivity contribution in [1.82, 2.24) is 15.5 Å². The third-order valence-corrected chi connectivity index (χ3v) is 4.87. The lowest BCUT2D eigenvalue weighted by Crippen LogP contribution is -2.19. The second-order valence-electron chi connectivity index (χ2n) is 5.41. The number of pyridine rings is 1. The highest BCUT2D eigenvalue weighted by molar-refractivity contribution is 7.17. The second-order valence-corrected chi connectivity index (χ2v) is 6.36. The molecule has 0 spiro atoms. The standard InChI is InChI=1S/C17H21N3OS/c1-4-14-13(16(5-2)21-20-14)10-18-11(3)12-8-17-15(19-9-12)6-7-22-17/h6-9,11,18H,4-5,10H2,1-3H3/t11-/m1/s1. The molecule has 0 fully saturated rings. The van der Waals surface area contributed by atoms with Crippen LogP contribution >= 0.6 is 11.3 Å². The van der Waals surface area contributed by atoms with E-state index in [1.54, 1.807) is 11.3 Å². The van der Waals surface area contributed by atoms with E-state index in [4.69, 9.17) is 4.52 Å². The molecule has 3 rings (SSSR count). The average molecular weight is 315 g/mol. The number of aromatic nitrogens is 2. The molecule has 0 aromatic carbocycles. The predicted octanol–water partition coefficient (Wildman–Crippen LogP) is 4.26. The van der Waals surface area contributed by atoms with E-state index in [-0.39, 0.29) is 6.04 Å². The van der Waals surface area contributed by atoms with E-state index in [2.05, 4.69) is 53.7 Å². The maximum absolute atomic E-state index is 5.42.